The smallest absolute Gasteiger partial charge is 0.308 e. The molecule has 0 aromatic rings. The lowest BCUT2D eigenvalue weighted by Gasteiger charge is -2.31. The average molecular weight is 269 g/mol. The van der Waals surface area contributed by atoms with Crippen molar-refractivity contribution in [3.05, 3.63) is 0 Å². The van der Waals surface area contributed by atoms with Gasteiger partial charge < -0.3 is 10.4 Å². The number of hydrogen-bond acceptors (Lipinski definition) is 3. The third kappa shape index (κ3) is 2.42. The molecule has 18 heavy (non-hydrogen) atoms. The molecule has 0 aromatic carbocycles. The largest absolute Gasteiger partial charge is 0.481 e. The number of carboxylic acid groups (broad SMARTS) is 1. The fourth-order valence-electron chi connectivity index (χ4n) is 4.21. The molecule has 4 heteroatoms. The first-order valence-corrected chi connectivity index (χ1v) is 8.45. The summed E-state index contributed by atoms with van der Waals surface area (Å²) in [5.41, 5.74) is 0. The molecule has 5 atom stereocenters. The lowest BCUT2D eigenvalue weighted by molar-refractivity contribution is -0.144. The topological polar surface area (TPSA) is 49.3 Å². The van der Waals surface area contributed by atoms with E-state index in [1.807, 2.05) is 0 Å². The van der Waals surface area contributed by atoms with E-state index in [-0.39, 0.29) is 12.0 Å². The monoisotopic (exact) mass is 269 g/mol. The second-order valence-corrected chi connectivity index (χ2v) is 7.36. The van der Waals surface area contributed by atoms with Gasteiger partial charge in [0.05, 0.1) is 5.92 Å². The van der Waals surface area contributed by atoms with Crippen molar-refractivity contribution in [1.82, 2.24) is 5.32 Å². The van der Waals surface area contributed by atoms with Crippen LogP contribution in [0.15, 0.2) is 0 Å². The van der Waals surface area contributed by atoms with E-state index in [0.717, 1.165) is 25.3 Å². The van der Waals surface area contributed by atoms with Gasteiger partial charge in [-0.1, -0.05) is 0 Å². The first-order valence-electron chi connectivity index (χ1n) is 7.29. The molecule has 102 valence electrons. The van der Waals surface area contributed by atoms with Crippen LogP contribution in [-0.2, 0) is 4.79 Å². The Morgan fingerprint density at radius 2 is 2.11 bits per heavy atom. The van der Waals surface area contributed by atoms with E-state index >= 15 is 0 Å². The van der Waals surface area contributed by atoms with Crippen molar-refractivity contribution >= 4 is 17.7 Å². The van der Waals surface area contributed by atoms with E-state index < -0.39 is 5.97 Å². The average Bonchev–Trinajstić information content (AvgIpc) is 2.97. The SMILES string of the molecule is O=C(O)C1C2CCC(C2)C1NCC1CCCSC1. The molecule has 0 amide bonds. The quantitative estimate of drug-likeness (QED) is 0.821. The van der Waals surface area contributed by atoms with Crippen molar-refractivity contribution in [3.63, 3.8) is 0 Å². The van der Waals surface area contributed by atoms with Gasteiger partial charge in [0.15, 0.2) is 0 Å². The molecule has 0 radical (unpaired) electrons. The molecule has 3 aliphatic rings. The Morgan fingerprint density at radius 3 is 2.83 bits per heavy atom. The van der Waals surface area contributed by atoms with Crippen LogP contribution >= 0.6 is 11.8 Å². The zero-order valence-electron chi connectivity index (χ0n) is 10.8. The number of carboxylic acids is 1. The third-order valence-electron chi connectivity index (χ3n) is 5.10. The Labute approximate surface area is 113 Å². The zero-order chi connectivity index (χ0) is 12.5. The normalized spacial score (nSPS) is 43.2. The summed E-state index contributed by atoms with van der Waals surface area (Å²) in [6.07, 6.45) is 6.17. The standard InChI is InChI=1S/C14H23NO2S/c16-14(17)12-10-3-4-11(6-10)13(12)15-7-9-2-1-5-18-8-9/h9-13,15H,1-8H2,(H,16,17). The van der Waals surface area contributed by atoms with Gasteiger partial charge >= 0.3 is 5.97 Å². The predicted molar refractivity (Wildman–Crippen MR) is 73.8 cm³/mol. The summed E-state index contributed by atoms with van der Waals surface area (Å²) >= 11 is 2.05. The minimum absolute atomic E-state index is 0.111. The summed E-state index contributed by atoms with van der Waals surface area (Å²) in [6, 6.07) is 0.258. The number of thioether (sulfide) groups is 1. The van der Waals surface area contributed by atoms with Gasteiger partial charge in [0, 0.05) is 6.04 Å². The number of hydrogen-bond donors (Lipinski definition) is 2. The molecule has 3 nitrogen and oxygen atoms in total. The van der Waals surface area contributed by atoms with Crippen LogP contribution in [0.2, 0.25) is 0 Å². The number of rotatable bonds is 4. The van der Waals surface area contributed by atoms with Gasteiger partial charge in [0.1, 0.15) is 0 Å². The van der Waals surface area contributed by atoms with Crippen LogP contribution in [0.3, 0.4) is 0 Å². The van der Waals surface area contributed by atoms with Crippen molar-refractivity contribution in [2.45, 2.75) is 38.1 Å². The van der Waals surface area contributed by atoms with Crippen LogP contribution in [0.1, 0.15) is 32.1 Å². The molecule has 3 rings (SSSR count). The van der Waals surface area contributed by atoms with Crippen molar-refractivity contribution in [1.29, 1.82) is 0 Å². The molecule has 2 bridgehead atoms. The lowest BCUT2D eigenvalue weighted by atomic mass is 9.84. The molecule has 1 heterocycles. The maximum atomic E-state index is 11.4. The maximum Gasteiger partial charge on any atom is 0.308 e. The summed E-state index contributed by atoms with van der Waals surface area (Å²) in [4.78, 5) is 11.4. The van der Waals surface area contributed by atoms with E-state index in [1.54, 1.807) is 0 Å². The summed E-state index contributed by atoms with van der Waals surface area (Å²) in [5, 5.41) is 13.0. The lowest BCUT2D eigenvalue weighted by Crippen LogP contribution is -2.46. The molecule has 0 aromatic heterocycles. The van der Waals surface area contributed by atoms with Crippen LogP contribution in [0.5, 0.6) is 0 Å². The van der Waals surface area contributed by atoms with Crippen molar-refractivity contribution in [3.8, 4) is 0 Å². The van der Waals surface area contributed by atoms with Gasteiger partial charge in [-0.05, 0) is 67.9 Å². The maximum absolute atomic E-state index is 11.4. The molecule has 2 aliphatic carbocycles. The Bertz CT molecular complexity index is 317. The van der Waals surface area contributed by atoms with Gasteiger partial charge in [-0.2, -0.15) is 11.8 Å². The van der Waals surface area contributed by atoms with Crippen LogP contribution < -0.4 is 5.32 Å². The van der Waals surface area contributed by atoms with Gasteiger partial charge in [-0.3, -0.25) is 4.79 Å². The fourth-order valence-corrected chi connectivity index (χ4v) is 5.37. The van der Waals surface area contributed by atoms with Crippen LogP contribution in [0.25, 0.3) is 0 Å². The number of nitrogens with one attached hydrogen (secondary N) is 1. The molecular formula is C14H23NO2S. The Morgan fingerprint density at radius 1 is 1.28 bits per heavy atom. The minimum atomic E-state index is -0.572. The highest BCUT2D eigenvalue weighted by atomic mass is 32.2. The van der Waals surface area contributed by atoms with Gasteiger partial charge in [-0.25, -0.2) is 0 Å². The highest BCUT2D eigenvalue weighted by molar-refractivity contribution is 7.99. The highest BCUT2D eigenvalue weighted by Crippen LogP contribution is 2.48. The molecule has 2 N–H and O–H groups in total. The Kier molecular flexibility index (Phi) is 3.85. The zero-order valence-corrected chi connectivity index (χ0v) is 11.6. The summed E-state index contributed by atoms with van der Waals surface area (Å²) in [7, 11) is 0. The van der Waals surface area contributed by atoms with Crippen molar-refractivity contribution < 1.29 is 9.90 Å². The molecule has 1 saturated heterocycles. The molecule has 2 saturated carbocycles. The Balaban J connectivity index is 1.56. The predicted octanol–water partition coefficient (Wildman–Crippen LogP) is 2.22. The van der Waals surface area contributed by atoms with E-state index in [9.17, 15) is 9.90 Å². The minimum Gasteiger partial charge on any atom is -0.481 e. The van der Waals surface area contributed by atoms with Gasteiger partial charge in [-0.15, -0.1) is 0 Å². The second-order valence-electron chi connectivity index (χ2n) is 6.21. The molecule has 0 spiro atoms. The number of fused-ring (bicyclic) bond motifs is 2. The second kappa shape index (κ2) is 5.41. The first-order chi connectivity index (χ1) is 8.75. The molecule has 3 fully saturated rings. The van der Waals surface area contributed by atoms with Crippen molar-refractivity contribution in [2.24, 2.45) is 23.7 Å². The summed E-state index contributed by atoms with van der Waals surface area (Å²) in [5.74, 6) is 3.72. The molecular weight excluding hydrogens is 246 g/mol. The summed E-state index contributed by atoms with van der Waals surface area (Å²) < 4.78 is 0. The molecule has 5 unspecified atom stereocenters. The van der Waals surface area contributed by atoms with Crippen molar-refractivity contribution in [2.75, 3.05) is 18.1 Å². The Hall–Kier alpha value is -0.220. The third-order valence-corrected chi connectivity index (χ3v) is 6.38. The van der Waals surface area contributed by atoms with Crippen LogP contribution in [-0.4, -0.2) is 35.2 Å². The van der Waals surface area contributed by atoms with E-state index in [1.165, 1.54) is 30.8 Å². The first kappa shape index (κ1) is 12.8. The van der Waals surface area contributed by atoms with Gasteiger partial charge in [0.2, 0.25) is 0 Å². The van der Waals surface area contributed by atoms with Crippen LogP contribution in [0, 0.1) is 23.7 Å². The number of aliphatic carboxylic acids is 1. The number of carbonyl (C=O) groups is 1. The molecule has 1 aliphatic heterocycles. The summed E-state index contributed by atoms with van der Waals surface area (Å²) in [6.45, 7) is 1.03. The highest BCUT2D eigenvalue weighted by Gasteiger charge is 2.50. The van der Waals surface area contributed by atoms with Crippen LogP contribution in [0.4, 0.5) is 0 Å². The fraction of sp³-hybridized carbons (Fsp3) is 0.929. The van der Waals surface area contributed by atoms with Gasteiger partial charge in [0.25, 0.3) is 0 Å². The van der Waals surface area contributed by atoms with E-state index in [0.29, 0.717) is 11.8 Å². The van der Waals surface area contributed by atoms with E-state index in [4.69, 9.17) is 0 Å². The van der Waals surface area contributed by atoms with E-state index in [2.05, 4.69) is 17.1 Å².